The summed E-state index contributed by atoms with van der Waals surface area (Å²) in [5, 5.41) is 2.60. The molecule has 0 radical (unpaired) electrons. The van der Waals surface area contributed by atoms with E-state index in [9.17, 15) is 21.6 Å². The summed E-state index contributed by atoms with van der Waals surface area (Å²) in [4.78, 5) is 11.7. The Morgan fingerprint density at radius 1 is 1.11 bits per heavy atom. The van der Waals surface area contributed by atoms with Gasteiger partial charge in [0.25, 0.3) is 10.0 Å². The van der Waals surface area contributed by atoms with Crippen LogP contribution < -0.4 is 14.8 Å². The van der Waals surface area contributed by atoms with Gasteiger partial charge < -0.3 is 5.32 Å². The molecule has 1 aromatic heterocycles. The van der Waals surface area contributed by atoms with Gasteiger partial charge in [-0.25, -0.2) is 21.6 Å². The lowest BCUT2D eigenvalue weighted by molar-refractivity contribution is -0.119. The van der Waals surface area contributed by atoms with Crippen LogP contribution in [-0.2, 0) is 31.4 Å². The van der Waals surface area contributed by atoms with Crippen molar-refractivity contribution in [2.75, 3.05) is 4.72 Å². The summed E-state index contributed by atoms with van der Waals surface area (Å²) in [6.07, 6.45) is 1.62. The van der Waals surface area contributed by atoms with Crippen LogP contribution in [0.3, 0.4) is 0 Å². The van der Waals surface area contributed by atoms with Crippen LogP contribution in [0.5, 0.6) is 0 Å². The summed E-state index contributed by atoms with van der Waals surface area (Å²) in [6.45, 7) is 1.63. The van der Waals surface area contributed by atoms with Crippen molar-refractivity contribution >= 4 is 43.0 Å². The van der Waals surface area contributed by atoms with Gasteiger partial charge in [-0.15, -0.1) is 11.3 Å². The van der Waals surface area contributed by atoms with E-state index < -0.39 is 20.0 Å². The average Bonchev–Trinajstić information content (AvgIpc) is 3.24. The highest BCUT2D eigenvalue weighted by Crippen LogP contribution is 2.26. The third kappa shape index (κ3) is 5.28. The van der Waals surface area contributed by atoms with E-state index in [0.717, 1.165) is 24.2 Å². The van der Waals surface area contributed by atoms with Crippen LogP contribution in [0, 0.1) is 0 Å². The first kappa shape index (κ1) is 19.8. The molecule has 27 heavy (non-hydrogen) atoms. The zero-order chi connectivity index (χ0) is 19.7. The minimum atomic E-state index is -3.86. The molecule has 0 spiro atoms. The van der Waals surface area contributed by atoms with Crippen molar-refractivity contribution < 1.29 is 21.6 Å². The maximum Gasteiger partial charge on any atom is 0.271 e. The highest BCUT2D eigenvalue weighted by Gasteiger charge is 2.28. The van der Waals surface area contributed by atoms with E-state index in [4.69, 9.17) is 0 Å². The number of benzene rings is 1. The Balaban J connectivity index is 1.76. The fourth-order valence-electron chi connectivity index (χ4n) is 2.23. The minimum Gasteiger partial charge on any atom is -0.351 e. The fourth-order valence-corrected chi connectivity index (χ4v) is 5.93. The Kier molecular flexibility index (Phi) is 5.56. The minimum absolute atomic E-state index is 0.00660. The Bertz CT molecular complexity index is 1060. The van der Waals surface area contributed by atoms with E-state index in [0.29, 0.717) is 4.88 Å². The highest BCUT2D eigenvalue weighted by atomic mass is 32.2. The van der Waals surface area contributed by atoms with Gasteiger partial charge in [-0.05, 0) is 43.2 Å². The van der Waals surface area contributed by atoms with Crippen LogP contribution in [0.15, 0.2) is 45.5 Å². The Morgan fingerprint density at radius 2 is 1.85 bits per heavy atom. The van der Waals surface area contributed by atoms with Crippen molar-refractivity contribution in [2.24, 2.45) is 0 Å². The lowest BCUT2D eigenvalue weighted by Crippen LogP contribution is -2.25. The van der Waals surface area contributed by atoms with Gasteiger partial charge in [0.1, 0.15) is 4.21 Å². The topological polar surface area (TPSA) is 121 Å². The van der Waals surface area contributed by atoms with Gasteiger partial charge in [0.2, 0.25) is 15.9 Å². The smallest absolute Gasteiger partial charge is 0.271 e. The third-order valence-corrected chi connectivity index (χ3v) is 8.19. The predicted molar refractivity (Wildman–Crippen MR) is 102 cm³/mol. The number of sulfonamides is 2. The van der Waals surface area contributed by atoms with Crippen LogP contribution >= 0.6 is 11.3 Å². The lowest BCUT2D eigenvalue weighted by atomic mass is 10.3. The zero-order valence-electron chi connectivity index (χ0n) is 14.4. The normalized spacial score (nSPS) is 14.7. The quantitative estimate of drug-likeness (QED) is 0.589. The SMILES string of the molecule is CC(=O)NCc1ccc(S(=O)(=O)Nc2cccc(S(=O)(=O)NC3CC3)c2)s1. The molecule has 1 aliphatic rings. The van der Waals surface area contributed by atoms with E-state index in [-0.39, 0.29) is 33.3 Å². The molecular weight excluding hydrogens is 410 g/mol. The molecule has 2 aromatic rings. The first-order chi connectivity index (χ1) is 12.7. The molecule has 3 rings (SSSR count). The van der Waals surface area contributed by atoms with Crippen molar-refractivity contribution in [1.29, 1.82) is 0 Å². The summed E-state index contributed by atoms with van der Waals surface area (Å²) in [5.41, 5.74) is 0.158. The molecule has 8 nitrogen and oxygen atoms in total. The largest absolute Gasteiger partial charge is 0.351 e. The molecule has 11 heteroatoms. The Hall–Kier alpha value is -1.95. The van der Waals surface area contributed by atoms with Crippen LogP contribution in [0.2, 0.25) is 0 Å². The molecule has 1 amide bonds. The maximum atomic E-state index is 12.5. The Labute approximate surface area is 162 Å². The standard InChI is InChI=1S/C16H19N3O5S3/c1-11(20)17-10-14-7-8-16(25-14)27(23,24)19-13-3-2-4-15(9-13)26(21,22)18-12-5-6-12/h2-4,7-9,12,18-19H,5-6,10H2,1H3,(H,17,20). The number of hydrogen-bond acceptors (Lipinski definition) is 6. The molecule has 1 aliphatic carbocycles. The van der Waals surface area contributed by atoms with E-state index in [1.165, 1.54) is 37.3 Å². The number of amides is 1. The molecule has 0 aliphatic heterocycles. The van der Waals surface area contributed by atoms with Crippen LogP contribution in [0.4, 0.5) is 5.69 Å². The van der Waals surface area contributed by atoms with Crippen molar-refractivity contribution in [2.45, 2.75) is 41.5 Å². The number of rotatable bonds is 8. The predicted octanol–water partition coefficient (Wildman–Crippen LogP) is 1.63. The number of nitrogens with one attached hydrogen (secondary N) is 3. The first-order valence-corrected chi connectivity index (χ1v) is 11.9. The third-order valence-electron chi connectivity index (χ3n) is 3.71. The summed E-state index contributed by atoms with van der Waals surface area (Å²) in [5.74, 6) is -0.205. The van der Waals surface area contributed by atoms with Crippen molar-refractivity contribution in [1.82, 2.24) is 10.0 Å². The fraction of sp³-hybridized carbons (Fsp3) is 0.312. The summed E-state index contributed by atoms with van der Waals surface area (Å²) in [7, 11) is -7.54. The van der Waals surface area contributed by atoms with E-state index in [1.54, 1.807) is 6.07 Å². The van der Waals surface area contributed by atoms with Crippen molar-refractivity contribution in [3.63, 3.8) is 0 Å². The van der Waals surface area contributed by atoms with Gasteiger partial charge in [-0.3, -0.25) is 9.52 Å². The number of carbonyl (C=O) groups excluding carboxylic acids is 1. The molecule has 0 unspecified atom stereocenters. The number of thiophene rings is 1. The van der Waals surface area contributed by atoms with Crippen molar-refractivity contribution in [3.05, 3.63) is 41.3 Å². The molecule has 0 bridgehead atoms. The van der Waals surface area contributed by atoms with Gasteiger partial charge in [-0.1, -0.05) is 6.07 Å². The summed E-state index contributed by atoms with van der Waals surface area (Å²) in [6, 6.07) is 8.70. The van der Waals surface area contributed by atoms with Gasteiger partial charge in [0, 0.05) is 17.8 Å². The van der Waals surface area contributed by atoms with Gasteiger partial charge in [0.05, 0.1) is 17.1 Å². The van der Waals surface area contributed by atoms with Crippen LogP contribution in [0.1, 0.15) is 24.6 Å². The monoisotopic (exact) mass is 429 g/mol. The molecule has 1 saturated carbocycles. The van der Waals surface area contributed by atoms with E-state index >= 15 is 0 Å². The molecule has 0 saturated heterocycles. The summed E-state index contributed by atoms with van der Waals surface area (Å²) >= 11 is 1.03. The molecule has 1 aromatic carbocycles. The zero-order valence-corrected chi connectivity index (χ0v) is 16.9. The highest BCUT2D eigenvalue weighted by molar-refractivity contribution is 7.94. The molecule has 0 atom stereocenters. The first-order valence-electron chi connectivity index (χ1n) is 8.14. The average molecular weight is 430 g/mol. The number of anilines is 1. The molecule has 1 fully saturated rings. The van der Waals surface area contributed by atoms with Crippen LogP contribution in [0.25, 0.3) is 0 Å². The molecule has 146 valence electrons. The molecule has 3 N–H and O–H groups in total. The number of hydrogen-bond donors (Lipinski definition) is 3. The second kappa shape index (κ2) is 7.58. The second-order valence-electron chi connectivity index (χ2n) is 6.16. The second-order valence-corrected chi connectivity index (χ2v) is 11.0. The van der Waals surface area contributed by atoms with Crippen LogP contribution in [-0.4, -0.2) is 28.8 Å². The van der Waals surface area contributed by atoms with Gasteiger partial charge >= 0.3 is 0 Å². The Morgan fingerprint density at radius 3 is 2.52 bits per heavy atom. The van der Waals surface area contributed by atoms with Crippen molar-refractivity contribution in [3.8, 4) is 0 Å². The molecule has 1 heterocycles. The van der Waals surface area contributed by atoms with Gasteiger partial charge in [-0.2, -0.15) is 0 Å². The maximum absolute atomic E-state index is 12.5. The number of carbonyl (C=O) groups is 1. The lowest BCUT2D eigenvalue weighted by Gasteiger charge is -2.09. The van der Waals surface area contributed by atoms with E-state index in [1.807, 2.05) is 0 Å². The molecular formula is C16H19N3O5S3. The van der Waals surface area contributed by atoms with E-state index in [2.05, 4.69) is 14.8 Å². The summed E-state index contributed by atoms with van der Waals surface area (Å²) < 4.78 is 54.7. The van der Waals surface area contributed by atoms with Gasteiger partial charge in [0.15, 0.2) is 0 Å².